The van der Waals surface area contributed by atoms with Gasteiger partial charge < -0.3 is 20.1 Å². The van der Waals surface area contributed by atoms with Gasteiger partial charge in [0.2, 0.25) is 0 Å². The Morgan fingerprint density at radius 3 is 2.67 bits per heavy atom. The van der Waals surface area contributed by atoms with Crippen LogP contribution in [0.5, 0.6) is 0 Å². The minimum atomic E-state index is 0.174. The van der Waals surface area contributed by atoms with Crippen molar-refractivity contribution >= 4 is 11.4 Å². The van der Waals surface area contributed by atoms with Crippen LogP contribution in [0.4, 0.5) is 11.4 Å². The van der Waals surface area contributed by atoms with Crippen LogP contribution in [-0.4, -0.2) is 44.1 Å². The normalized spacial score (nSPS) is 23.1. The van der Waals surface area contributed by atoms with Crippen molar-refractivity contribution in [3.8, 4) is 0 Å². The van der Waals surface area contributed by atoms with Gasteiger partial charge in [-0.1, -0.05) is 0 Å². The molecule has 0 aromatic heterocycles. The molecule has 100 valence electrons. The van der Waals surface area contributed by atoms with E-state index in [0.29, 0.717) is 12.6 Å². The van der Waals surface area contributed by atoms with Gasteiger partial charge in [-0.05, 0) is 37.6 Å². The van der Waals surface area contributed by atoms with E-state index < -0.39 is 0 Å². The van der Waals surface area contributed by atoms with E-state index in [-0.39, 0.29) is 12.7 Å². The summed E-state index contributed by atoms with van der Waals surface area (Å²) in [5, 5.41) is 12.4. The van der Waals surface area contributed by atoms with Crippen molar-refractivity contribution in [3.63, 3.8) is 0 Å². The van der Waals surface area contributed by atoms with Crippen molar-refractivity contribution in [3.05, 3.63) is 24.3 Å². The van der Waals surface area contributed by atoms with Crippen LogP contribution >= 0.6 is 0 Å². The van der Waals surface area contributed by atoms with Crippen molar-refractivity contribution < 1.29 is 9.84 Å². The van der Waals surface area contributed by atoms with E-state index in [0.717, 1.165) is 24.4 Å². The number of rotatable bonds is 5. The zero-order valence-electron chi connectivity index (χ0n) is 11.1. The van der Waals surface area contributed by atoms with Gasteiger partial charge in [-0.2, -0.15) is 0 Å². The van der Waals surface area contributed by atoms with Crippen molar-refractivity contribution in [1.82, 2.24) is 0 Å². The van der Waals surface area contributed by atoms with E-state index in [2.05, 4.69) is 36.5 Å². The summed E-state index contributed by atoms with van der Waals surface area (Å²) in [6.45, 7) is 3.78. The number of hydrogen-bond acceptors (Lipinski definition) is 4. The molecule has 1 aliphatic rings. The van der Waals surface area contributed by atoms with Crippen LogP contribution in [0.15, 0.2) is 24.3 Å². The molecule has 1 heterocycles. The monoisotopic (exact) mass is 250 g/mol. The molecule has 2 rings (SSSR count). The molecule has 2 unspecified atom stereocenters. The van der Waals surface area contributed by atoms with Crippen molar-refractivity contribution in [2.24, 2.45) is 0 Å². The fourth-order valence-electron chi connectivity index (χ4n) is 2.23. The zero-order chi connectivity index (χ0) is 13.0. The highest BCUT2D eigenvalue weighted by Crippen LogP contribution is 2.21. The lowest BCUT2D eigenvalue weighted by molar-refractivity contribution is 0.121. The van der Waals surface area contributed by atoms with Crippen molar-refractivity contribution in [2.75, 3.05) is 37.0 Å². The highest BCUT2D eigenvalue weighted by Gasteiger charge is 2.23. The van der Waals surface area contributed by atoms with Crippen molar-refractivity contribution in [1.29, 1.82) is 0 Å². The van der Waals surface area contributed by atoms with E-state index in [1.54, 1.807) is 0 Å². The summed E-state index contributed by atoms with van der Waals surface area (Å²) in [5.41, 5.74) is 2.24. The molecule has 18 heavy (non-hydrogen) atoms. The number of benzene rings is 1. The lowest BCUT2D eigenvalue weighted by atomic mass is 10.1. The Morgan fingerprint density at radius 2 is 2.11 bits per heavy atom. The lowest BCUT2D eigenvalue weighted by Crippen LogP contribution is -2.26. The van der Waals surface area contributed by atoms with Crippen LogP contribution < -0.4 is 10.2 Å². The standard InChI is InChI=1S/C14H22N2O2/c1-11-14(7-10-18-11)15-12-3-5-13(6-4-12)16(2)8-9-17/h3-6,11,14-15,17H,7-10H2,1-2H3. The van der Waals surface area contributed by atoms with Crippen LogP contribution in [0, 0.1) is 0 Å². The van der Waals surface area contributed by atoms with Gasteiger partial charge in [0.05, 0.1) is 18.8 Å². The zero-order valence-corrected chi connectivity index (χ0v) is 11.1. The molecule has 0 saturated carbocycles. The largest absolute Gasteiger partial charge is 0.395 e. The first-order valence-electron chi connectivity index (χ1n) is 6.51. The van der Waals surface area contributed by atoms with E-state index >= 15 is 0 Å². The Labute approximate surface area is 109 Å². The van der Waals surface area contributed by atoms with Gasteiger partial charge in [0.15, 0.2) is 0 Å². The quantitative estimate of drug-likeness (QED) is 0.835. The van der Waals surface area contributed by atoms with Gasteiger partial charge in [-0.15, -0.1) is 0 Å². The van der Waals surface area contributed by atoms with Gasteiger partial charge in [0, 0.05) is 31.6 Å². The molecular formula is C14H22N2O2. The minimum absolute atomic E-state index is 0.174. The lowest BCUT2D eigenvalue weighted by Gasteiger charge is -2.20. The van der Waals surface area contributed by atoms with E-state index in [9.17, 15) is 0 Å². The van der Waals surface area contributed by atoms with Gasteiger partial charge >= 0.3 is 0 Å². The smallest absolute Gasteiger partial charge is 0.0748 e. The number of aliphatic hydroxyl groups excluding tert-OH is 1. The first kappa shape index (κ1) is 13.2. The molecule has 1 saturated heterocycles. The second kappa shape index (κ2) is 6.07. The SMILES string of the molecule is CC1OCCC1Nc1ccc(N(C)CCO)cc1. The van der Waals surface area contributed by atoms with Gasteiger partial charge in [-0.25, -0.2) is 0 Å². The average Bonchev–Trinajstić information content (AvgIpc) is 2.76. The summed E-state index contributed by atoms with van der Waals surface area (Å²) >= 11 is 0. The third kappa shape index (κ3) is 3.15. The molecule has 2 atom stereocenters. The molecule has 1 fully saturated rings. The summed E-state index contributed by atoms with van der Waals surface area (Å²) in [4.78, 5) is 2.03. The second-order valence-electron chi connectivity index (χ2n) is 4.81. The summed E-state index contributed by atoms with van der Waals surface area (Å²) in [6, 6.07) is 8.70. The first-order chi connectivity index (χ1) is 8.70. The summed E-state index contributed by atoms with van der Waals surface area (Å²) in [5.74, 6) is 0. The molecule has 0 bridgehead atoms. The number of nitrogens with zero attached hydrogens (tertiary/aromatic N) is 1. The maximum absolute atomic E-state index is 8.90. The second-order valence-corrected chi connectivity index (χ2v) is 4.81. The molecule has 0 spiro atoms. The molecule has 2 N–H and O–H groups in total. The third-order valence-corrected chi connectivity index (χ3v) is 3.47. The summed E-state index contributed by atoms with van der Waals surface area (Å²) in [6.07, 6.45) is 1.34. The molecule has 1 aliphatic heterocycles. The Kier molecular flexibility index (Phi) is 4.44. The predicted octanol–water partition coefficient (Wildman–Crippen LogP) is 1.70. The molecule has 0 radical (unpaired) electrons. The van der Waals surface area contributed by atoms with Crippen molar-refractivity contribution in [2.45, 2.75) is 25.5 Å². The number of ether oxygens (including phenoxy) is 1. The number of hydrogen-bond donors (Lipinski definition) is 2. The molecular weight excluding hydrogens is 228 g/mol. The van der Waals surface area contributed by atoms with Gasteiger partial charge in [0.25, 0.3) is 0 Å². The highest BCUT2D eigenvalue weighted by atomic mass is 16.5. The average molecular weight is 250 g/mol. The summed E-state index contributed by atoms with van der Waals surface area (Å²) < 4.78 is 5.53. The molecule has 4 nitrogen and oxygen atoms in total. The Morgan fingerprint density at radius 1 is 1.39 bits per heavy atom. The van der Waals surface area contributed by atoms with Crippen LogP contribution in [0.3, 0.4) is 0 Å². The van der Waals surface area contributed by atoms with Gasteiger partial charge in [0.1, 0.15) is 0 Å². The minimum Gasteiger partial charge on any atom is -0.395 e. The number of nitrogens with one attached hydrogen (secondary N) is 1. The maximum Gasteiger partial charge on any atom is 0.0748 e. The van der Waals surface area contributed by atoms with Crippen LogP contribution in [-0.2, 0) is 4.74 Å². The molecule has 0 amide bonds. The summed E-state index contributed by atoms with van der Waals surface area (Å²) in [7, 11) is 1.98. The van der Waals surface area contributed by atoms with Crippen LogP contribution in [0.1, 0.15) is 13.3 Å². The fraction of sp³-hybridized carbons (Fsp3) is 0.571. The number of anilines is 2. The number of aliphatic hydroxyl groups is 1. The first-order valence-corrected chi connectivity index (χ1v) is 6.51. The fourth-order valence-corrected chi connectivity index (χ4v) is 2.23. The topological polar surface area (TPSA) is 44.7 Å². The third-order valence-electron chi connectivity index (χ3n) is 3.47. The van der Waals surface area contributed by atoms with E-state index in [1.165, 1.54) is 0 Å². The molecule has 0 aliphatic carbocycles. The molecule has 1 aromatic carbocycles. The van der Waals surface area contributed by atoms with E-state index in [4.69, 9.17) is 9.84 Å². The van der Waals surface area contributed by atoms with Gasteiger partial charge in [-0.3, -0.25) is 0 Å². The number of likely N-dealkylation sites (N-methyl/N-ethyl adjacent to an activating group) is 1. The molecule has 4 heteroatoms. The highest BCUT2D eigenvalue weighted by molar-refractivity contribution is 5.55. The Hall–Kier alpha value is -1.26. The Balaban J connectivity index is 1.95. The van der Waals surface area contributed by atoms with Crippen LogP contribution in [0.25, 0.3) is 0 Å². The van der Waals surface area contributed by atoms with Crippen LogP contribution in [0.2, 0.25) is 0 Å². The molecule has 1 aromatic rings. The van der Waals surface area contributed by atoms with E-state index in [1.807, 2.05) is 11.9 Å². The Bertz CT molecular complexity index is 367. The maximum atomic E-state index is 8.90. The predicted molar refractivity (Wildman–Crippen MR) is 74.2 cm³/mol.